The van der Waals surface area contributed by atoms with Crippen LogP contribution in [0.4, 0.5) is 4.39 Å². The molecule has 1 fully saturated rings. The second-order valence-corrected chi connectivity index (χ2v) is 11.3. The number of benzene rings is 2. The predicted octanol–water partition coefficient (Wildman–Crippen LogP) is 6.07. The van der Waals surface area contributed by atoms with Gasteiger partial charge in [0.2, 0.25) is 0 Å². The van der Waals surface area contributed by atoms with Gasteiger partial charge in [-0.25, -0.2) is 9.07 Å². The first-order valence-corrected chi connectivity index (χ1v) is 13.6. The summed E-state index contributed by atoms with van der Waals surface area (Å²) in [5, 5.41) is 20.3. The lowest BCUT2D eigenvalue weighted by Crippen LogP contribution is -2.21. The van der Waals surface area contributed by atoms with E-state index in [2.05, 4.69) is 27.0 Å². The molecule has 6 rings (SSSR count). The Morgan fingerprint density at radius 1 is 1.10 bits per heavy atom. The SMILES string of the molecule is Cc1nnn(C)c1-c1cnc2c3ccc(C(C)(C)O)cc3n(C(CC3CCOCC3)c3cccc(F)c3)c2c1. The number of fused-ring (bicyclic) bond motifs is 3. The molecule has 0 saturated carbocycles. The quantitative estimate of drug-likeness (QED) is 0.290. The van der Waals surface area contributed by atoms with Crippen molar-refractivity contribution >= 4 is 21.9 Å². The number of aromatic nitrogens is 5. The molecule has 0 amide bonds. The number of nitrogens with zero attached hydrogens (tertiary/aromatic N) is 5. The van der Waals surface area contributed by atoms with E-state index in [0.717, 1.165) is 82.5 Å². The monoisotopic (exact) mass is 527 g/mol. The summed E-state index contributed by atoms with van der Waals surface area (Å²) in [6.07, 6.45) is 4.66. The topological polar surface area (TPSA) is 78.0 Å². The molecule has 1 atom stereocenters. The summed E-state index contributed by atoms with van der Waals surface area (Å²) < 4.78 is 24.4. The van der Waals surface area contributed by atoms with Gasteiger partial charge in [0.25, 0.3) is 0 Å². The average molecular weight is 528 g/mol. The van der Waals surface area contributed by atoms with Gasteiger partial charge < -0.3 is 14.4 Å². The fraction of sp³-hybridized carbons (Fsp3) is 0.387. The first-order valence-electron chi connectivity index (χ1n) is 13.6. The molecular formula is C31H34FN5O2. The largest absolute Gasteiger partial charge is 0.386 e. The summed E-state index contributed by atoms with van der Waals surface area (Å²) in [6, 6.07) is 15.0. The van der Waals surface area contributed by atoms with Gasteiger partial charge in [-0.15, -0.1) is 5.10 Å². The number of halogens is 1. The molecule has 8 heteroatoms. The van der Waals surface area contributed by atoms with E-state index in [9.17, 15) is 9.50 Å². The molecule has 4 heterocycles. The standard InChI is InChI=1S/C31H34FN5O2/c1-19-30(36(4)35-34-19)22-16-28-29(33-18-22)25-9-8-23(31(2,3)38)17-27(25)37(28)26(14-20-10-12-39-13-11-20)21-6-5-7-24(32)15-21/h5-9,15-18,20,26,38H,10-14H2,1-4H3. The Balaban J connectivity index is 1.65. The first-order chi connectivity index (χ1) is 18.7. The van der Waals surface area contributed by atoms with E-state index in [4.69, 9.17) is 9.72 Å². The number of aryl methyl sites for hydroxylation is 2. The van der Waals surface area contributed by atoms with Gasteiger partial charge in [0.1, 0.15) is 5.82 Å². The van der Waals surface area contributed by atoms with Crippen LogP contribution in [0.15, 0.2) is 54.7 Å². The first kappa shape index (κ1) is 25.6. The van der Waals surface area contributed by atoms with Crippen LogP contribution < -0.4 is 0 Å². The van der Waals surface area contributed by atoms with Crippen LogP contribution in [0.5, 0.6) is 0 Å². The van der Waals surface area contributed by atoms with Crippen molar-refractivity contribution in [3.63, 3.8) is 0 Å². The Labute approximate surface area is 227 Å². The van der Waals surface area contributed by atoms with Crippen LogP contribution >= 0.6 is 0 Å². The van der Waals surface area contributed by atoms with E-state index in [1.165, 1.54) is 6.07 Å². The van der Waals surface area contributed by atoms with E-state index in [1.54, 1.807) is 30.7 Å². The zero-order valence-electron chi connectivity index (χ0n) is 22.9. The van der Waals surface area contributed by atoms with Crippen LogP contribution in [0.2, 0.25) is 0 Å². The average Bonchev–Trinajstić information content (AvgIpc) is 3.42. The van der Waals surface area contributed by atoms with E-state index < -0.39 is 5.60 Å². The van der Waals surface area contributed by atoms with Gasteiger partial charge in [-0.3, -0.25) is 4.98 Å². The Bertz CT molecular complexity index is 1640. The smallest absolute Gasteiger partial charge is 0.123 e. The third-order valence-electron chi connectivity index (χ3n) is 8.06. The van der Waals surface area contributed by atoms with Crippen LogP contribution in [0.3, 0.4) is 0 Å². The maximum Gasteiger partial charge on any atom is 0.123 e. The summed E-state index contributed by atoms with van der Waals surface area (Å²) in [4.78, 5) is 4.95. The normalized spacial score (nSPS) is 15.8. The van der Waals surface area contributed by atoms with Crippen molar-refractivity contribution in [2.75, 3.05) is 13.2 Å². The third kappa shape index (κ3) is 4.72. The molecule has 7 nitrogen and oxygen atoms in total. The van der Waals surface area contributed by atoms with Gasteiger partial charge in [-0.1, -0.05) is 29.5 Å². The van der Waals surface area contributed by atoms with Gasteiger partial charge in [0.15, 0.2) is 0 Å². The second-order valence-electron chi connectivity index (χ2n) is 11.3. The van der Waals surface area contributed by atoms with Crippen molar-refractivity contribution in [3.8, 4) is 11.3 Å². The minimum absolute atomic E-state index is 0.135. The summed E-state index contributed by atoms with van der Waals surface area (Å²) in [5.41, 5.74) is 6.17. The van der Waals surface area contributed by atoms with E-state index in [-0.39, 0.29) is 11.9 Å². The minimum atomic E-state index is -1.01. The molecule has 2 aromatic carbocycles. The second kappa shape index (κ2) is 9.84. The van der Waals surface area contributed by atoms with Crippen molar-refractivity contribution in [2.45, 2.75) is 51.7 Å². The zero-order chi connectivity index (χ0) is 27.3. The van der Waals surface area contributed by atoms with Gasteiger partial charge in [-0.2, -0.15) is 0 Å². The summed E-state index contributed by atoms with van der Waals surface area (Å²) >= 11 is 0. The molecule has 0 bridgehead atoms. The van der Waals surface area contributed by atoms with Gasteiger partial charge in [-0.05, 0) is 81.3 Å². The molecule has 202 valence electrons. The van der Waals surface area contributed by atoms with Gasteiger partial charge >= 0.3 is 0 Å². The zero-order valence-corrected chi connectivity index (χ0v) is 22.9. The number of rotatable bonds is 6. The van der Waals surface area contributed by atoms with Crippen molar-refractivity contribution in [3.05, 3.63) is 77.4 Å². The molecule has 1 aliphatic rings. The van der Waals surface area contributed by atoms with Crippen molar-refractivity contribution in [1.82, 2.24) is 24.5 Å². The number of hydrogen-bond acceptors (Lipinski definition) is 5. The molecule has 1 unspecified atom stereocenters. The lowest BCUT2D eigenvalue weighted by atomic mass is 9.89. The van der Waals surface area contributed by atoms with Crippen LogP contribution in [0, 0.1) is 18.7 Å². The Kier molecular flexibility index (Phi) is 6.47. The van der Waals surface area contributed by atoms with Gasteiger partial charge in [0.05, 0.1) is 39.6 Å². The molecule has 1 saturated heterocycles. The molecule has 39 heavy (non-hydrogen) atoms. The Hall–Kier alpha value is -3.62. The van der Waals surface area contributed by atoms with E-state index in [0.29, 0.717) is 5.92 Å². The van der Waals surface area contributed by atoms with E-state index >= 15 is 0 Å². The number of pyridine rings is 1. The Morgan fingerprint density at radius 2 is 1.90 bits per heavy atom. The Morgan fingerprint density at radius 3 is 2.59 bits per heavy atom. The van der Waals surface area contributed by atoms with Crippen molar-refractivity contribution in [2.24, 2.45) is 13.0 Å². The minimum Gasteiger partial charge on any atom is -0.386 e. The van der Waals surface area contributed by atoms with Crippen molar-refractivity contribution in [1.29, 1.82) is 0 Å². The van der Waals surface area contributed by atoms with E-state index in [1.807, 2.05) is 38.4 Å². The maximum absolute atomic E-state index is 14.6. The fourth-order valence-electron chi connectivity index (χ4n) is 6.01. The highest BCUT2D eigenvalue weighted by atomic mass is 19.1. The number of aliphatic hydroxyl groups is 1. The van der Waals surface area contributed by atoms with Crippen LogP contribution in [0.25, 0.3) is 33.2 Å². The highest BCUT2D eigenvalue weighted by Gasteiger charge is 2.28. The summed E-state index contributed by atoms with van der Waals surface area (Å²) in [5.74, 6) is 0.189. The van der Waals surface area contributed by atoms with Crippen molar-refractivity contribution < 1.29 is 14.2 Å². The number of ether oxygens (including phenoxy) is 1. The maximum atomic E-state index is 14.6. The van der Waals surface area contributed by atoms with Crippen LogP contribution in [-0.4, -0.2) is 42.9 Å². The fourth-order valence-corrected chi connectivity index (χ4v) is 6.01. The summed E-state index contributed by atoms with van der Waals surface area (Å²) in [7, 11) is 1.88. The predicted molar refractivity (Wildman–Crippen MR) is 150 cm³/mol. The summed E-state index contributed by atoms with van der Waals surface area (Å²) in [6.45, 7) is 7.02. The van der Waals surface area contributed by atoms with Crippen LogP contribution in [0.1, 0.15) is 56.0 Å². The third-order valence-corrected chi connectivity index (χ3v) is 8.06. The molecule has 1 N–H and O–H groups in total. The van der Waals surface area contributed by atoms with Gasteiger partial charge in [0, 0.05) is 37.4 Å². The molecule has 0 spiro atoms. The number of hydrogen-bond donors (Lipinski definition) is 1. The van der Waals surface area contributed by atoms with Crippen LogP contribution in [-0.2, 0) is 17.4 Å². The molecular weight excluding hydrogens is 493 g/mol. The highest BCUT2D eigenvalue weighted by Crippen LogP contribution is 2.40. The molecule has 3 aromatic heterocycles. The lowest BCUT2D eigenvalue weighted by molar-refractivity contribution is 0.0609. The highest BCUT2D eigenvalue weighted by molar-refractivity contribution is 6.07. The molecule has 0 aliphatic carbocycles. The molecule has 0 radical (unpaired) electrons. The molecule has 5 aromatic rings. The molecule has 1 aliphatic heterocycles. The lowest BCUT2D eigenvalue weighted by Gasteiger charge is -2.29.